The largest absolute Gasteiger partial charge is 0.463 e. The molecule has 0 saturated carbocycles. The number of nitrogens with zero attached hydrogens (tertiary/aromatic N) is 2. The molecule has 1 saturated heterocycles. The molecule has 19 heavy (non-hydrogen) atoms. The van der Waals surface area contributed by atoms with Gasteiger partial charge in [-0.25, -0.2) is 0 Å². The van der Waals surface area contributed by atoms with Crippen LogP contribution >= 0.6 is 0 Å². The van der Waals surface area contributed by atoms with E-state index in [0.717, 1.165) is 24.8 Å². The van der Waals surface area contributed by atoms with Crippen LogP contribution < -0.4 is 0 Å². The topological polar surface area (TPSA) is 24.8 Å². The highest BCUT2D eigenvalue weighted by Crippen LogP contribution is 2.16. The van der Waals surface area contributed by atoms with E-state index in [4.69, 9.17) is 4.74 Å². The molecule has 0 bridgehead atoms. The lowest BCUT2D eigenvalue weighted by Gasteiger charge is -2.15. The summed E-state index contributed by atoms with van der Waals surface area (Å²) in [4.78, 5) is 6.73. The predicted molar refractivity (Wildman–Crippen MR) is 76.3 cm³/mol. The second-order valence-electron chi connectivity index (χ2n) is 4.49. The summed E-state index contributed by atoms with van der Waals surface area (Å²) in [6.07, 6.45) is 0. The van der Waals surface area contributed by atoms with Crippen molar-refractivity contribution < 1.29 is 4.74 Å². The molecule has 1 aliphatic rings. The summed E-state index contributed by atoms with van der Waals surface area (Å²) in [5.41, 5.74) is 2.20. The van der Waals surface area contributed by atoms with Gasteiger partial charge in [0.05, 0.1) is 12.2 Å². The van der Waals surface area contributed by atoms with Gasteiger partial charge >= 0.3 is 0 Å². The van der Waals surface area contributed by atoms with Gasteiger partial charge in [0, 0.05) is 6.54 Å². The second-order valence-corrected chi connectivity index (χ2v) is 4.49. The van der Waals surface area contributed by atoms with E-state index >= 15 is 0 Å². The highest BCUT2D eigenvalue weighted by Gasteiger charge is 2.20. The number of hydrogen-bond acceptors (Lipinski definition) is 2. The summed E-state index contributed by atoms with van der Waals surface area (Å²) in [7, 11) is 0. The third-order valence-corrected chi connectivity index (χ3v) is 3.06. The van der Waals surface area contributed by atoms with Crippen LogP contribution in [0.2, 0.25) is 0 Å². The van der Waals surface area contributed by atoms with E-state index in [1.165, 1.54) is 5.56 Å². The Morgan fingerprint density at radius 2 is 1.63 bits per heavy atom. The third kappa shape index (κ3) is 2.94. The van der Waals surface area contributed by atoms with Gasteiger partial charge in [0.1, 0.15) is 6.61 Å². The Bertz CT molecular complexity index is 551. The van der Waals surface area contributed by atoms with E-state index in [0.29, 0.717) is 6.61 Å². The van der Waals surface area contributed by atoms with Crippen molar-refractivity contribution >= 4 is 11.7 Å². The van der Waals surface area contributed by atoms with Crippen molar-refractivity contribution in [3.63, 3.8) is 0 Å². The van der Waals surface area contributed by atoms with Gasteiger partial charge in [0.2, 0.25) is 0 Å². The molecule has 2 aromatic carbocycles. The van der Waals surface area contributed by atoms with Gasteiger partial charge in [-0.15, -0.1) is 0 Å². The maximum absolute atomic E-state index is 5.62. The van der Waals surface area contributed by atoms with Crippen LogP contribution in [0.5, 0.6) is 0 Å². The van der Waals surface area contributed by atoms with Crippen molar-refractivity contribution in [1.29, 1.82) is 0 Å². The zero-order valence-electron chi connectivity index (χ0n) is 10.7. The van der Waals surface area contributed by atoms with Crippen molar-refractivity contribution in [3.8, 4) is 0 Å². The van der Waals surface area contributed by atoms with E-state index in [1.807, 2.05) is 36.4 Å². The number of amidine groups is 1. The minimum atomic E-state index is 0.707. The first kappa shape index (κ1) is 11.8. The van der Waals surface area contributed by atoms with Crippen molar-refractivity contribution in [2.75, 3.05) is 13.2 Å². The van der Waals surface area contributed by atoms with Crippen LogP contribution in [0.1, 0.15) is 5.56 Å². The zero-order chi connectivity index (χ0) is 12.9. The molecule has 0 unspecified atom stereocenters. The maximum atomic E-state index is 5.62. The zero-order valence-corrected chi connectivity index (χ0v) is 10.7. The summed E-state index contributed by atoms with van der Waals surface area (Å²) >= 11 is 0. The molecule has 1 heterocycles. The van der Waals surface area contributed by atoms with Crippen molar-refractivity contribution in [3.05, 3.63) is 66.2 Å². The molecule has 2 aromatic rings. The van der Waals surface area contributed by atoms with E-state index in [-0.39, 0.29) is 0 Å². The summed E-state index contributed by atoms with van der Waals surface area (Å²) in [5.74, 6) is 0. The number of benzene rings is 2. The fourth-order valence-electron chi connectivity index (χ4n) is 2.10. The minimum absolute atomic E-state index is 0.707. The molecule has 3 heteroatoms. The number of para-hydroxylation sites is 1. The molecule has 96 valence electrons. The van der Waals surface area contributed by atoms with Gasteiger partial charge in [0.15, 0.2) is 0 Å². The Morgan fingerprint density at radius 3 is 2.37 bits per heavy atom. The van der Waals surface area contributed by atoms with Crippen LogP contribution in [0.3, 0.4) is 0 Å². The number of ether oxygens (including phenoxy) is 1. The molecular formula is C16H16N2O. The molecule has 3 rings (SSSR count). The monoisotopic (exact) mass is 252 g/mol. The fraction of sp³-hybridized carbons (Fsp3) is 0.188. The Morgan fingerprint density at radius 1 is 0.947 bits per heavy atom. The van der Waals surface area contributed by atoms with Crippen LogP contribution in [0.25, 0.3) is 0 Å². The van der Waals surface area contributed by atoms with Crippen LogP contribution in [-0.2, 0) is 11.3 Å². The summed E-state index contributed by atoms with van der Waals surface area (Å²) in [6, 6.07) is 21.0. The lowest BCUT2D eigenvalue weighted by molar-refractivity contribution is 0.351. The van der Waals surface area contributed by atoms with E-state index in [2.05, 4.69) is 34.2 Å². The molecular weight excluding hydrogens is 236 g/mol. The number of hydrogen-bond donors (Lipinski definition) is 0. The number of rotatable bonds is 3. The average molecular weight is 252 g/mol. The van der Waals surface area contributed by atoms with Gasteiger partial charge in [0.25, 0.3) is 6.02 Å². The Balaban J connectivity index is 1.77. The highest BCUT2D eigenvalue weighted by molar-refractivity contribution is 5.78. The molecule has 0 aromatic heterocycles. The SMILES string of the molecule is c1ccc(CN2CCOC2=Nc2ccccc2)cc1. The Labute approximate surface area is 113 Å². The van der Waals surface area contributed by atoms with Crippen LogP contribution in [0.4, 0.5) is 5.69 Å². The first-order valence-electron chi connectivity index (χ1n) is 6.47. The standard InChI is InChI=1S/C16H16N2O/c1-3-7-14(8-4-1)13-18-11-12-19-16(18)17-15-9-5-2-6-10-15/h1-10H,11-13H2. The van der Waals surface area contributed by atoms with Crippen molar-refractivity contribution in [2.45, 2.75) is 6.54 Å². The maximum Gasteiger partial charge on any atom is 0.293 e. The minimum Gasteiger partial charge on any atom is -0.463 e. The van der Waals surface area contributed by atoms with E-state index in [9.17, 15) is 0 Å². The molecule has 0 aliphatic carbocycles. The van der Waals surface area contributed by atoms with Crippen molar-refractivity contribution in [2.24, 2.45) is 4.99 Å². The molecule has 0 N–H and O–H groups in total. The van der Waals surface area contributed by atoms with Crippen LogP contribution in [0.15, 0.2) is 65.7 Å². The Hall–Kier alpha value is -2.29. The summed E-state index contributed by atoms with van der Waals surface area (Å²) in [5, 5.41) is 0. The van der Waals surface area contributed by atoms with E-state index in [1.54, 1.807) is 0 Å². The first-order valence-corrected chi connectivity index (χ1v) is 6.47. The summed E-state index contributed by atoms with van der Waals surface area (Å²) < 4.78 is 5.62. The van der Waals surface area contributed by atoms with Gasteiger partial charge in [-0.3, -0.25) is 0 Å². The molecule has 0 radical (unpaired) electrons. The lowest BCUT2D eigenvalue weighted by atomic mass is 10.2. The van der Waals surface area contributed by atoms with Gasteiger partial charge in [-0.1, -0.05) is 48.5 Å². The lowest BCUT2D eigenvalue weighted by Crippen LogP contribution is -2.24. The van der Waals surface area contributed by atoms with Gasteiger partial charge < -0.3 is 9.64 Å². The molecule has 0 spiro atoms. The first-order chi connectivity index (χ1) is 9.42. The highest BCUT2D eigenvalue weighted by atomic mass is 16.5. The van der Waals surface area contributed by atoms with Crippen LogP contribution in [-0.4, -0.2) is 24.1 Å². The van der Waals surface area contributed by atoms with Gasteiger partial charge in [-0.05, 0) is 17.7 Å². The molecule has 0 amide bonds. The molecule has 3 nitrogen and oxygen atoms in total. The predicted octanol–water partition coefficient (Wildman–Crippen LogP) is 3.21. The third-order valence-electron chi connectivity index (χ3n) is 3.06. The Kier molecular flexibility index (Phi) is 3.45. The van der Waals surface area contributed by atoms with E-state index < -0.39 is 0 Å². The fourth-order valence-corrected chi connectivity index (χ4v) is 2.10. The molecule has 0 atom stereocenters. The average Bonchev–Trinajstić information content (AvgIpc) is 2.88. The van der Waals surface area contributed by atoms with Gasteiger partial charge in [-0.2, -0.15) is 4.99 Å². The van der Waals surface area contributed by atoms with Crippen molar-refractivity contribution in [1.82, 2.24) is 4.90 Å². The smallest absolute Gasteiger partial charge is 0.293 e. The quantitative estimate of drug-likeness (QED) is 0.838. The molecule has 1 aliphatic heterocycles. The second kappa shape index (κ2) is 5.57. The van der Waals surface area contributed by atoms with Crippen LogP contribution in [0, 0.1) is 0 Å². The summed E-state index contributed by atoms with van der Waals surface area (Å²) in [6.45, 7) is 2.44. The normalized spacial score (nSPS) is 16.6. The number of aliphatic imine (C=N–C) groups is 1. The molecule has 1 fully saturated rings.